The van der Waals surface area contributed by atoms with Crippen LogP contribution in [-0.4, -0.2) is 9.97 Å². The van der Waals surface area contributed by atoms with E-state index in [-0.39, 0.29) is 0 Å². The van der Waals surface area contributed by atoms with Crippen molar-refractivity contribution in [1.29, 1.82) is 0 Å². The number of halogens is 1. The second-order valence-electron chi connectivity index (χ2n) is 4.67. The SMILES string of the molecule is Cc1ccc(Cc2nc(Cl)c3ccsc3n2)cc1C. The van der Waals surface area contributed by atoms with Gasteiger partial charge in [0.15, 0.2) is 0 Å². The molecule has 0 atom stereocenters. The van der Waals surface area contributed by atoms with Gasteiger partial charge in [-0.25, -0.2) is 9.97 Å². The minimum absolute atomic E-state index is 0.546. The first-order chi connectivity index (χ1) is 9.13. The van der Waals surface area contributed by atoms with E-state index in [2.05, 4.69) is 42.0 Å². The van der Waals surface area contributed by atoms with Gasteiger partial charge < -0.3 is 0 Å². The van der Waals surface area contributed by atoms with Crippen LogP contribution in [0.5, 0.6) is 0 Å². The normalized spacial score (nSPS) is 11.1. The van der Waals surface area contributed by atoms with Gasteiger partial charge >= 0.3 is 0 Å². The van der Waals surface area contributed by atoms with E-state index in [1.807, 2.05) is 11.4 Å². The quantitative estimate of drug-likeness (QED) is 0.646. The summed E-state index contributed by atoms with van der Waals surface area (Å²) in [4.78, 5) is 9.91. The van der Waals surface area contributed by atoms with Gasteiger partial charge in [0.1, 0.15) is 15.8 Å². The molecule has 0 radical (unpaired) electrons. The number of rotatable bonds is 2. The zero-order valence-electron chi connectivity index (χ0n) is 10.8. The Bertz CT molecular complexity index is 749. The average Bonchev–Trinajstić information content (AvgIpc) is 2.82. The largest absolute Gasteiger partial charge is 0.222 e. The van der Waals surface area contributed by atoms with Crippen LogP contribution in [0.15, 0.2) is 29.6 Å². The highest BCUT2D eigenvalue weighted by Gasteiger charge is 2.08. The molecule has 0 aliphatic heterocycles. The minimum Gasteiger partial charge on any atom is -0.222 e. The molecular weight excluding hydrogens is 276 g/mol. The van der Waals surface area contributed by atoms with Crippen LogP contribution in [-0.2, 0) is 6.42 Å². The van der Waals surface area contributed by atoms with Crippen molar-refractivity contribution in [1.82, 2.24) is 9.97 Å². The number of aryl methyl sites for hydroxylation is 2. The van der Waals surface area contributed by atoms with Gasteiger partial charge in [-0.1, -0.05) is 29.8 Å². The van der Waals surface area contributed by atoms with Gasteiger partial charge in [0.05, 0.1) is 0 Å². The average molecular weight is 289 g/mol. The van der Waals surface area contributed by atoms with E-state index in [1.54, 1.807) is 11.3 Å². The zero-order valence-corrected chi connectivity index (χ0v) is 12.3. The molecule has 0 N–H and O–H groups in total. The standard InChI is InChI=1S/C15H13ClN2S/c1-9-3-4-11(7-10(9)2)8-13-17-14(16)12-5-6-19-15(12)18-13/h3-7H,8H2,1-2H3. The molecule has 2 nitrogen and oxygen atoms in total. The molecule has 2 aromatic heterocycles. The fourth-order valence-corrected chi connectivity index (χ4v) is 3.12. The minimum atomic E-state index is 0.546. The van der Waals surface area contributed by atoms with Crippen molar-refractivity contribution < 1.29 is 0 Å². The highest BCUT2D eigenvalue weighted by Crippen LogP contribution is 2.25. The van der Waals surface area contributed by atoms with E-state index in [0.29, 0.717) is 11.6 Å². The maximum absolute atomic E-state index is 6.18. The first-order valence-electron chi connectivity index (χ1n) is 6.09. The Hall–Kier alpha value is -1.45. The Morgan fingerprint density at radius 2 is 1.95 bits per heavy atom. The first-order valence-corrected chi connectivity index (χ1v) is 7.35. The molecule has 0 unspecified atom stereocenters. The molecule has 0 bridgehead atoms. The summed E-state index contributed by atoms with van der Waals surface area (Å²) >= 11 is 7.78. The molecule has 19 heavy (non-hydrogen) atoms. The van der Waals surface area contributed by atoms with E-state index in [4.69, 9.17) is 11.6 Å². The highest BCUT2D eigenvalue weighted by molar-refractivity contribution is 7.16. The zero-order chi connectivity index (χ0) is 13.4. The third kappa shape index (κ3) is 2.48. The number of hydrogen-bond acceptors (Lipinski definition) is 3. The number of fused-ring (bicyclic) bond motifs is 1. The van der Waals surface area contributed by atoms with E-state index >= 15 is 0 Å². The summed E-state index contributed by atoms with van der Waals surface area (Å²) in [6.07, 6.45) is 0.717. The van der Waals surface area contributed by atoms with Crippen molar-refractivity contribution in [2.24, 2.45) is 0 Å². The van der Waals surface area contributed by atoms with Crippen LogP contribution in [0.2, 0.25) is 5.15 Å². The molecule has 3 aromatic rings. The third-order valence-corrected chi connectivity index (χ3v) is 4.35. The summed E-state index contributed by atoms with van der Waals surface area (Å²) in [6, 6.07) is 8.40. The molecule has 0 aliphatic carbocycles. The molecule has 0 saturated carbocycles. The van der Waals surface area contributed by atoms with E-state index in [9.17, 15) is 0 Å². The Labute approximate surface area is 121 Å². The molecule has 4 heteroatoms. The monoisotopic (exact) mass is 288 g/mol. The number of nitrogens with zero attached hydrogens (tertiary/aromatic N) is 2. The highest BCUT2D eigenvalue weighted by atomic mass is 35.5. The van der Waals surface area contributed by atoms with Crippen LogP contribution in [0, 0.1) is 13.8 Å². The molecule has 2 heterocycles. The first kappa shape index (κ1) is 12.6. The molecule has 0 fully saturated rings. The molecule has 3 rings (SSSR count). The van der Waals surface area contributed by atoms with Crippen molar-refractivity contribution in [3.63, 3.8) is 0 Å². The second-order valence-corrected chi connectivity index (χ2v) is 5.92. The summed E-state index contributed by atoms with van der Waals surface area (Å²) < 4.78 is 0. The van der Waals surface area contributed by atoms with Crippen LogP contribution in [0.1, 0.15) is 22.5 Å². The predicted molar refractivity (Wildman–Crippen MR) is 81.1 cm³/mol. The lowest BCUT2D eigenvalue weighted by molar-refractivity contribution is 0.994. The summed E-state index contributed by atoms with van der Waals surface area (Å²) in [5, 5.41) is 3.48. The molecule has 1 aromatic carbocycles. The smallest absolute Gasteiger partial charge is 0.141 e. The number of hydrogen-bond donors (Lipinski definition) is 0. The maximum atomic E-state index is 6.18. The lowest BCUT2D eigenvalue weighted by atomic mass is 10.0. The molecule has 0 spiro atoms. The number of benzene rings is 1. The van der Waals surface area contributed by atoms with E-state index < -0.39 is 0 Å². The fourth-order valence-electron chi connectivity index (χ4n) is 2.04. The van der Waals surface area contributed by atoms with Gasteiger partial charge in [-0.3, -0.25) is 0 Å². The van der Waals surface area contributed by atoms with Gasteiger partial charge in [-0.05, 0) is 42.0 Å². The molecular formula is C15H13ClN2S. The van der Waals surface area contributed by atoms with Crippen LogP contribution >= 0.6 is 22.9 Å². The van der Waals surface area contributed by atoms with Crippen LogP contribution in [0.3, 0.4) is 0 Å². The maximum Gasteiger partial charge on any atom is 0.141 e. The van der Waals surface area contributed by atoms with Crippen molar-refractivity contribution >= 4 is 33.2 Å². The van der Waals surface area contributed by atoms with Gasteiger partial charge in [-0.15, -0.1) is 11.3 Å². The van der Waals surface area contributed by atoms with Crippen LogP contribution in [0.25, 0.3) is 10.2 Å². The number of thiophene rings is 1. The van der Waals surface area contributed by atoms with E-state index in [1.165, 1.54) is 16.7 Å². The lowest BCUT2D eigenvalue weighted by Gasteiger charge is -2.05. The molecule has 0 amide bonds. The Kier molecular flexibility index (Phi) is 3.25. The van der Waals surface area contributed by atoms with Crippen LogP contribution in [0.4, 0.5) is 0 Å². The van der Waals surface area contributed by atoms with Crippen molar-refractivity contribution in [3.05, 3.63) is 57.3 Å². The third-order valence-electron chi connectivity index (χ3n) is 3.26. The Morgan fingerprint density at radius 3 is 2.74 bits per heavy atom. The van der Waals surface area contributed by atoms with Gasteiger partial charge in [-0.2, -0.15) is 0 Å². The van der Waals surface area contributed by atoms with Gasteiger partial charge in [0.2, 0.25) is 0 Å². The molecule has 0 aliphatic rings. The summed E-state index contributed by atoms with van der Waals surface area (Å²) in [5.74, 6) is 0.781. The van der Waals surface area contributed by atoms with E-state index in [0.717, 1.165) is 16.0 Å². The lowest BCUT2D eigenvalue weighted by Crippen LogP contribution is -1.97. The fraction of sp³-hybridized carbons (Fsp3) is 0.200. The van der Waals surface area contributed by atoms with Crippen molar-refractivity contribution in [2.75, 3.05) is 0 Å². The topological polar surface area (TPSA) is 25.8 Å². The molecule has 96 valence electrons. The molecule has 0 saturated heterocycles. The van der Waals surface area contributed by atoms with Crippen molar-refractivity contribution in [3.8, 4) is 0 Å². The Balaban J connectivity index is 1.98. The predicted octanol–water partition coefficient (Wildman–Crippen LogP) is 4.55. The Morgan fingerprint density at radius 1 is 1.11 bits per heavy atom. The summed E-state index contributed by atoms with van der Waals surface area (Å²) in [6.45, 7) is 4.24. The van der Waals surface area contributed by atoms with Crippen molar-refractivity contribution in [2.45, 2.75) is 20.3 Å². The summed E-state index contributed by atoms with van der Waals surface area (Å²) in [5.41, 5.74) is 3.81. The van der Waals surface area contributed by atoms with Crippen LogP contribution < -0.4 is 0 Å². The van der Waals surface area contributed by atoms with Gasteiger partial charge in [0.25, 0.3) is 0 Å². The number of aromatic nitrogens is 2. The summed E-state index contributed by atoms with van der Waals surface area (Å²) in [7, 11) is 0. The van der Waals surface area contributed by atoms with Gasteiger partial charge in [0, 0.05) is 11.8 Å². The second kappa shape index (κ2) is 4.91.